The van der Waals surface area contributed by atoms with Crippen molar-refractivity contribution in [3.05, 3.63) is 16.4 Å². The number of nitrogens with one attached hydrogen (secondary N) is 2. The maximum absolute atomic E-state index is 13.2. The van der Waals surface area contributed by atoms with Crippen LogP contribution in [0.1, 0.15) is 59.5 Å². The van der Waals surface area contributed by atoms with Crippen LogP contribution in [0.2, 0.25) is 0 Å². The molecule has 2 rings (SSSR count). The Balaban J connectivity index is 2.18. The number of methoxy groups -OCH3 is 1. The van der Waals surface area contributed by atoms with E-state index in [-0.39, 0.29) is 30.2 Å². The number of carbonyl (C=O) groups excluding carboxylic acids is 3. The number of aliphatic hydroxyl groups excluding tert-OH is 1. The molecular weight excluding hydrogens is 434 g/mol. The van der Waals surface area contributed by atoms with Crippen LogP contribution in [0.5, 0.6) is 0 Å². The number of rotatable bonds is 9. The largest absolute Gasteiger partial charge is 0.453 e. The highest BCUT2D eigenvalue weighted by atomic mass is 16.5. The molecule has 12 nitrogen and oxygen atoms in total. The Morgan fingerprint density at radius 2 is 1.88 bits per heavy atom. The molecule has 0 radical (unpaired) electrons. The summed E-state index contributed by atoms with van der Waals surface area (Å²) in [5.74, 6) is -2.12. The number of hydrogen-bond acceptors (Lipinski definition) is 8. The first-order chi connectivity index (χ1) is 15.5. The van der Waals surface area contributed by atoms with Crippen LogP contribution in [-0.2, 0) is 20.9 Å². The van der Waals surface area contributed by atoms with Gasteiger partial charge in [0.15, 0.2) is 6.10 Å². The molecule has 4 atom stereocenters. The molecule has 0 bridgehead atoms. The zero-order chi connectivity index (χ0) is 24.9. The van der Waals surface area contributed by atoms with Gasteiger partial charge in [-0.1, -0.05) is 27.7 Å². The lowest BCUT2D eigenvalue weighted by molar-refractivity contribution is -0.141. The molecule has 186 valence electrons. The summed E-state index contributed by atoms with van der Waals surface area (Å²) < 4.78 is 10.7. The molecule has 1 aliphatic heterocycles. The molecule has 1 aliphatic rings. The van der Waals surface area contributed by atoms with Gasteiger partial charge in [-0.25, -0.2) is 9.59 Å². The number of aliphatic hydroxyl groups is 1. The van der Waals surface area contributed by atoms with E-state index in [0.29, 0.717) is 19.4 Å². The van der Waals surface area contributed by atoms with Gasteiger partial charge in [0.1, 0.15) is 12.1 Å². The normalized spacial score (nSPS) is 18.8. The summed E-state index contributed by atoms with van der Waals surface area (Å²) in [7, 11) is 1.21. The van der Waals surface area contributed by atoms with Gasteiger partial charge in [0.25, 0.3) is 0 Å². The van der Waals surface area contributed by atoms with Gasteiger partial charge in [0, 0.05) is 13.1 Å². The Kier molecular flexibility index (Phi) is 9.03. The van der Waals surface area contributed by atoms with Gasteiger partial charge in [-0.05, 0) is 31.6 Å². The number of carbonyl (C=O) groups is 3. The average Bonchev–Trinajstić information content (AvgIpc) is 3.40. The van der Waals surface area contributed by atoms with E-state index in [1.54, 1.807) is 34.6 Å². The molecule has 1 aromatic heterocycles. The van der Waals surface area contributed by atoms with Gasteiger partial charge < -0.3 is 29.8 Å². The van der Waals surface area contributed by atoms with Crippen molar-refractivity contribution in [2.45, 2.75) is 78.2 Å². The van der Waals surface area contributed by atoms with Crippen LogP contribution in [0.25, 0.3) is 0 Å². The van der Waals surface area contributed by atoms with Crippen molar-refractivity contribution in [3.8, 4) is 0 Å². The molecule has 0 aromatic carbocycles. The zero-order valence-electron chi connectivity index (χ0n) is 20.0. The Hall–Kier alpha value is -2.89. The second-order valence-electron chi connectivity index (χ2n) is 8.79. The van der Waals surface area contributed by atoms with E-state index >= 15 is 0 Å². The van der Waals surface area contributed by atoms with Crippen molar-refractivity contribution in [2.24, 2.45) is 11.8 Å². The minimum absolute atomic E-state index is 0.178. The second kappa shape index (κ2) is 11.3. The van der Waals surface area contributed by atoms with Crippen molar-refractivity contribution < 1.29 is 28.6 Å². The fourth-order valence-corrected chi connectivity index (χ4v) is 3.85. The van der Waals surface area contributed by atoms with Crippen LogP contribution in [0.15, 0.2) is 9.21 Å². The van der Waals surface area contributed by atoms with Gasteiger partial charge in [-0.15, -0.1) is 5.10 Å². The lowest BCUT2D eigenvalue weighted by Gasteiger charge is -2.32. The lowest BCUT2D eigenvalue weighted by atomic mass is 9.97. The maximum Gasteiger partial charge on any atom is 0.437 e. The van der Waals surface area contributed by atoms with Crippen LogP contribution in [0.3, 0.4) is 0 Å². The molecule has 0 spiro atoms. The third-order valence-electron chi connectivity index (χ3n) is 5.77. The monoisotopic (exact) mass is 469 g/mol. The molecule has 3 N–H and O–H groups in total. The SMILES string of the molecule is CCn1nc(C(O)C(NC(=O)C2CCCN2C(=O)C(NC(=O)OC)C(C)C)C(C)C)oc1=O. The van der Waals surface area contributed by atoms with Crippen LogP contribution in [0.4, 0.5) is 4.79 Å². The summed E-state index contributed by atoms with van der Waals surface area (Å²) in [6.07, 6.45) is -0.999. The van der Waals surface area contributed by atoms with Crippen molar-refractivity contribution in [1.29, 1.82) is 0 Å². The fraction of sp³-hybridized carbons (Fsp3) is 0.762. The predicted octanol–water partition coefficient (Wildman–Crippen LogP) is 0.402. The fourth-order valence-electron chi connectivity index (χ4n) is 3.85. The molecule has 3 amide bonds. The van der Waals surface area contributed by atoms with E-state index in [4.69, 9.17) is 4.42 Å². The minimum Gasteiger partial charge on any atom is -0.453 e. The average molecular weight is 470 g/mol. The highest BCUT2D eigenvalue weighted by molar-refractivity contribution is 5.92. The predicted molar refractivity (Wildman–Crippen MR) is 117 cm³/mol. The maximum atomic E-state index is 13.2. The highest BCUT2D eigenvalue weighted by Gasteiger charge is 2.40. The van der Waals surface area contributed by atoms with Gasteiger partial charge in [0.05, 0.1) is 13.2 Å². The number of likely N-dealkylation sites (tertiary alicyclic amines) is 1. The van der Waals surface area contributed by atoms with Crippen LogP contribution >= 0.6 is 0 Å². The number of nitrogens with zero attached hydrogens (tertiary/aromatic N) is 3. The van der Waals surface area contributed by atoms with E-state index in [1.807, 2.05) is 0 Å². The van der Waals surface area contributed by atoms with E-state index in [0.717, 1.165) is 4.68 Å². The van der Waals surface area contributed by atoms with Crippen molar-refractivity contribution in [1.82, 2.24) is 25.3 Å². The quantitative estimate of drug-likeness (QED) is 0.469. The van der Waals surface area contributed by atoms with Crippen LogP contribution in [0, 0.1) is 11.8 Å². The molecule has 0 saturated carbocycles. The summed E-state index contributed by atoms with van der Waals surface area (Å²) in [6, 6.07) is -2.40. The summed E-state index contributed by atoms with van der Waals surface area (Å²) in [4.78, 5) is 51.3. The highest BCUT2D eigenvalue weighted by Crippen LogP contribution is 2.24. The minimum atomic E-state index is -1.34. The molecule has 4 unspecified atom stereocenters. The first kappa shape index (κ1) is 26.4. The topological polar surface area (TPSA) is 156 Å². The first-order valence-corrected chi connectivity index (χ1v) is 11.2. The van der Waals surface area contributed by atoms with Gasteiger partial charge in [-0.3, -0.25) is 9.59 Å². The van der Waals surface area contributed by atoms with Crippen molar-refractivity contribution in [3.63, 3.8) is 0 Å². The zero-order valence-corrected chi connectivity index (χ0v) is 20.0. The number of ether oxygens (including phenoxy) is 1. The van der Waals surface area contributed by atoms with Gasteiger partial charge in [-0.2, -0.15) is 4.68 Å². The Labute approximate surface area is 192 Å². The van der Waals surface area contributed by atoms with Crippen molar-refractivity contribution >= 4 is 17.9 Å². The third kappa shape index (κ3) is 6.12. The summed E-state index contributed by atoms with van der Waals surface area (Å²) in [5.41, 5.74) is 0. The van der Waals surface area contributed by atoms with Gasteiger partial charge in [0.2, 0.25) is 17.7 Å². The number of amides is 3. The van der Waals surface area contributed by atoms with E-state index in [9.17, 15) is 24.3 Å². The summed E-state index contributed by atoms with van der Waals surface area (Å²) in [5, 5.41) is 20.1. The molecule has 1 saturated heterocycles. The molecule has 33 heavy (non-hydrogen) atoms. The second-order valence-corrected chi connectivity index (χ2v) is 8.79. The number of hydrogen-bond donors (Lipinski definition) is 3. The summed E-state index contributed by atoms with van der Waals surface area (Å²) in [6.45, 7) is 9.55. The summed E-state index contributed by atoms with van der Waals surface area (Å²) >= 11 is 0. The molecule has 12 heteroatoms. The Morgan fingerprint density at radius 3 is 2.39 bits per heavy atom. The molecule has 1 fully saturated rings. The third-order valence-corrected chi connectivity index (χ3v) is 5.77. The molecule has 1 aromatic rings. The van der Waals surface area contributed by atoms with Crippen LogP contribution < -0.4 is 16.4 Å². The van der Waals surface area contributed by atoms with Crippen molar-refractivity contribution in [2.75, 3.05) is 13.7 Å². The molecule has 0 aliphatic carbocycles. The lowest BCUT2D eigenvalue weighted by Crippen LogP contribution is -2.56. The Morgan fingerprint density at radius 1 is 1.21 bits per heavy atom. The van der Waals surface area contributed by atoms with Gasteiger partial charge >= 0.3 is 11.8 Å². The Bertz CT molecular complexity index is 894. The standard InChI is InChI=1S/C21H35N5O7/c1-7-26-21(31)33-18(24-26)16(27)14(11(2)3)22-17(28)13-9-8-10-25(13)19(29)15(12(4)5)23-20(30)32-6/h11-16,27H,7-10H2,1-6H3,(H,22,28)(H,23,30). The van der Waals surface area contributed by atoms with E-state index in [2.05, 4.69) is 20.5 Å². The number of aryl methyl sites for hydroxylation is 1. The van der Waals surface area contributed by atoms with E-state index < -0.39 is 42.0 Å². The number of aromatic nitrogens is 2. The molecule has 2 heterocycles. The smallest absolute Gasteiger partial charge is 0.437 e. The number of alkyl carbamates (subject to hydrolysis) is 1. The first-order valence-electron chi connectivity index (χ1n) is 11.2. The van der Waals surface area contributed by atoms with E-state index in [1.165, 1.54) is 12.0 Å². The van der Waals surface area contributed by atoms with Crippen LogP contribution in [-0.4, -0.2) is 69.5 Å². The molecular formula is C21H35N5O7.